The summed E-state index contributed by atoms with van der Waals surface area (Å²) in [5.41, 5.74) is 15.3. The van der Waals surface area contributed by atoms with Crippen molar-refractivity contribution in [2.24, 2.45) is 23.7 Å². The minimum absolute atomic E-state index is 0.0807. The Kier molecular flexibility index (Phi) is 7.65. The van der Waals surface area contributed by atoms with Crippen LogP contribution in [-0.4, -0.2) is 0 Å². The molecule has 59 heavy (non-hydrogen) atoms. The first-order chi connectivity index (χ1) is 29.2. The molecule has 6 unspecified atom stereocenters. The SMILES string of the molecule is c1ccc(N(c2ccccc2)c2cccc3c2C24c5c(cccc5N(c5ccc(C6CC7CCC6C7)cc5)c5ccc6c(c5)sc5ccccc56)CC2CCC4C3)cc1. The molecule has 3 heteroatoms. The van der Waals surface area contributed by atoms with E-state index in [0.29, 0.717) is 11.8 Å². The Balaban J connectivity index is 1.03. The third-order valence-corrected chi connectivity index (χ3v) is 16.8. The standard InChI is InChI=1S/C56H48N2S/c1-3-13-43(14-4-1)57(44-15-5-2-6-16-44)50-18-9-11-39-33-41-25-26-42-34-40-12-10-19-51(55(40)56(41,42)54(39)50)58(45-27-23-37(24-28-45)49-32-36-21-22-38(49)31-36)46-29-30-48-47-17-7-8-20-52(47)59-53(48)35-46/h1-20,23-24,27-30,35-36,38,41-42,49H,21-22,25-26,31-34H2. The van der Waals surface area contributed by atoms with E-state index < -0.39 is 0 Å². The summed E-state index contributed by atoms with van der Waals surface area (Å²) in [5, 5.41) is 2.71. The van der Waals surface area contributed by atoms with Crippen molar-refractivity contribution in [3.05, 3.63) is 192 Å². The number of hydrogen-bond acceptors (Lipinski definition) is 3. The maximum absolute atomic E-state index is 2.66. The third kappa shape index (κ3) is 5.04. The molecule has 2 bridgehead atoms. The number of thiophene rings is 1. The zero-order chi connectivity index (χ0) is 38.7. The molecule has 7 aromatic carbocycles. The van der Waals surface area contributed by atoms with E-state index in [9.17, 15) is 0 Å². The molecule has 5 aliphatic rings. The van der Waals surface area contributed by atoms with Gasteiger partial charge in [0.15, 0.2) is 0 Å². The van der Waals surface area contributed by atoms with E-state index in [1.54, 1.807) is 16.7 Å². The van der Waals surface area contributed by atoms with Gasteiger partial charge in [-0.15, -0.1) is 11.3 Å². The van der Waals surface area contributed by atoms with Crippen LogP contribution in [0.15, 0.2) is 164 Å². The summed E-state index contributed by atoms with van der Waals surface area (Å²) in [7, 11) is 0. The highest BCUT2D eigenvalue weighted by Gasteiger charge is 2.62. The maximum atomic E-state index is 2.66. The number of fused-ring (bicyclic) bond motifs is 7. The normalized spacial score (nSPS) is 24.6. The van der Waals surface area contributed by atoms with Gasteiger partial charge in [0.1, 0.15) is 0 Å². The van der Waals surface area contributed by atoms with Crippen LogP contribution in [0.3, 0.4) is 0 Å². The first kappa shape index (κ1) is 34.2. The lowest BCUT2D eigenvalue weighted by atomic mass is 9.68. The van der Waals surface area contributed by atoms with Crippen molar-refractivity contribution in [3.8, 4) is 0 Å². The molecule has 2 nitrogen and oxygen atoms in total. The van der Waals surface area contributed by atoms with Crippen LogP contribution in [0.4, 0.5) is 34.1 Å². The summed E-state index contributed by atoms with van der Waals surface area (Å²) in [6.07, 6.45) is 10.5. The van der Waals surface area contributed by atoms with Crippen LogP contribution in [0.25, 0.3) is 20.2 Å². The summed E-state index contributed by atoms with van der Waals surface area (Å²) < 4.78 is 2.71. The molecule has 13 rings (SSSR count). The Labute approximate surface area is 351 Å². The molecule has 0 radical (unpaired) electrons. The van der Waals surface area contributed by atoms with E-state index >= 15 is 0 Å². The summed E-state index contributed by atoms with van der Waals surface area (Å²) in [5.74, 6) is 3.65. The van der Waals surface area contributed by atoms with Crippen molar-refractivity contribution >= 4 is 65.6 Å². The molecule has 1 aromatic heterocycles. The molecule has 5 aliphatic carbocycles. The molecule has 1 heterocycles. The van der Waals surface area contributed by atoms with Gasteiger partial charge in [-0.2, -0.15) is 0 Å². The van der Waals surface area contributed by atoms with Crippen molar-refractivity contribution in [1.82, 2.24) is 0 Å². The van der Waals surface area contributed by atoms with Gasteiger partial charge in [-0.1, -0.05) is 103 Å². The quantitative estimate of drug-likeness (QED) is 0.159. The molecule has 3 fully saturated rings. The summed E-state index contributed by atoms with van der Waals surface area (Å²) in [6, 6.07) is 62.8. The minimum atomic E-state index is -0.0807. The largest absolute Gasteiger partial charge is 0.310 e. The van der Waals surface area contributed by atoms with Gasteiger partial charge < -0.3 is 9.80 Å². The van der Waals surface area contributed by atoms with Crippen LogP contribution < -0.4 is 9.80 Å². The first-order valence-corrected chi connectivity index (χ1v) is 23.0. The zero-order valence-corrected chi connectivity index (χ0v) is 34.3. The average molecular weight is 781 g/mol. The van der Waals surface area contributed by atoms with Crippen LogP contribution in [-0.2, 0) is 18.3 Å². The Morgan fingerprint density at radius 2 is 1.03 bits per heavy atom. The number of benzene rings is 7. The van der Waals surface area contributed by atoms with Gasteiger partial charge >= 0.3 is 0 Å². The first-order valence-electron chi connectivity index (χ1n) is 22.2. The minimum Gasteiger partial charge on any atom is -0.310 e. The van der Waals surface area contributed by atoms with E-state index in [2.05, 4.69) is 174 Å². The summed E-state index contributed by atoms with van der Waals surface area (Å²) >= 11 is 1.92. The van der Waals surface area contributed by atoms with E-state index in [1.165, 1.54) is 104 Å². The number of nitrogens with zero attached hydrogens (tertiary/aromatic N) is 2. The molecule has 1 spiro atoms. The maximum Gasteiger partial charge on any atom is 0.0505 e. The van der Waals surface area contributed by atoms with Gasteiger partial charge in [-0.25, -0.2) is 0 Å². The van der Waals surface area contributed by atoms with Crippen molar-refractivity contribution in [1.29, 1.82) is 0 Å². The lowest BCUT2D eigenvalue weighted by Gasteiger charge is -2.40. The van der Waals surface area contributed by atoms with Crippen LogP contribution >= 0.6 is 11.3 Å². The Morgan fingerprint density at radius 1 is 0.458 bits per heavy atom. The fourth-order valence-corrected chi connectivity index (χ4v) is 14.6. The van der Waals surface area contributed by atoms with Gasteiger partial charge in [-0.3, -0.25) is 0 Å². The smallest absolute Gasteiger partial charge is 0.0505 e. The van der Waals surface area contributed by atoms with Crippen LogP contribution in [0.2, 0.25) is 0 Å². The second kappa shape index (κ2) is 13.2. The second-order valence-corrected chi connectivity index (χ2v) is 19.4. The van der Waals surface area contributed by atoms with Crippen LogP contribution in [0.1, 0.15) is 72.3 Å². The van der Waals surface area contributed by atoms with Crippen LogP contribution in [0, 0.1) is 23.7 Å². The summed E-state index contributed by atoms with van der Waals surface area (Å²) in [6.45, 7) is 0. The lowest BCUT2D eigenvalue weighted by molar-refractivity contribution is 0.350. The third-order valence-electron chi connectivity index (χ3n) is 15.6. The van der Waals surface area contributed by atoms with Gasteiger partial charge in [-0.05, 0) is 169 Å². The van der Waals surface area contributed by atoms with E-state index in [1.807, 2.05) is 11.3 Å². The Hall–Kier alpha value is -5.64. The fraction of sp³-hybridized carbons (Fsp3) is 0.250. The van der Waals surface area contributed by atoms with E-state index in [0.717, 1.165) is 30.6 Å². The molecule has 8 aromatic rings. The van der Waals surface area contributed by atoms with Crippen molar-refractivity contribution in [2.45, 2.75) is 62.7 Å². The van der Waals surface area contributed by atoms with Crippen molar-refractivity contribution < 1.29 is 0 Å². The highest BCUT2D eigenvalue weighted by Crippen LogP contribution is 2.69. The van der Waals surface area contributed by atoms with Gasteiger partial charge in [0.05, 0.1) is 11.4 Å². The van der Waals surface area contributed by atoms with Crippen molar-refractivity contribution in [2.75, 3.05) is 9.80 Å². The molecule has 6 atom stereocenters. The lowest BCUT2D eigenvalue weighted by Crippen LogP contribution is -2.34. The monoisotopic (exact) mass is 780 g/mol. The summed E-state index contributed by atoms with van der Waals surface area (Å²) in [4.78, 5) is 5.21. The molecule has 3 saturated carbocycles. The molecular weight excluding hydrogens is 733 g/mol. The molecular formula is C56H48N2S. The molecule has 0 aliphatic heterocycles. The molecule has 0 N–H and O–H groups in total. The molecule has 0 saturated heterocycles. The van der Waals surface area contributed by atoms with E-state index in [-0.39, 0.29) is 5.41 Å². The number of rotatable bonds is 7. The molecule has 0 amide bonds. The predicted octanol–water partition coefficient (Wildman–Crippen LogP) is 15.3. The van der Waals surface area contributed by atoms with Crippen molar-refractivity contribution in [3.63, 3.8) is 0 Å². The highest BCUT2D eigenvalue weighted by molar-refractivity contribution is 7.25. The molecule has 288 valence electrons. The van der Waals surface area contributed by atoms with Gasteiger partial charge in [0, 0.05) is 48.3 Å². The van der Waals surface area contributed by atoms with Gasteiger partial charge in [0.25, 0.3) is 0 Å². The Bertz CT molecular complexity index is 2850. The topological polar surface area (TPSA) is 6.48 Å². The highest BCUT2D eigenvalue weighted by atomic mass is 32.1. The number of para-hydroxylation sites is 2. The van der Waals surface area contributed by atoms with Crippen LogP contribution in [0.5, 0.6) is 0 Å². The van der Waals surface area contributed by atoms with Gasteiger partial charge in [0.2, 0.25) is 0 Å². The zero-order valence-electron chi connectivity index (χ0n) is 33.4. The fourth-order valence-electron chi connectivity index (χ4n) is 13.4. The Morgan fingerprint density at radius 3 is 1.66 bits per heavy atom. The second-order valence-electron chi connectivity index (χ2n) is 18.4. The average Bonchev–Trinajstić information content (AvgIpc) is 4.15. The predicted molar refractivity (Wildman–Crippen MR) is 248 cm³/mol. The number of hydrogen-bond donors (Lipinski definition) is 0. The van der Waals surface area contributed by atoms with E-state index in [4.69, 9.17) is 0 Å². The number of anilines is 6.